The molecule has 2 rings (SSSR count). The smallest absolute Gasteiger partial charge is 0.237 e. The van der Waals surface area contributed by atoms with Crippen LogP contribution in [0.5, 0.6) is 5.75 Å². The first-order valence-electron chi connectivity index (χ1n) is 6.90. The van der Waals surface area contributed by atoms with Gasteiger partial charge in [0.2, 0.25) is 5.91 Å². The average molecular weight is 289 g/mol. The number of nitrogens with two attached hydrogens (primary N) is 1. The van der Waals surface area contributed by atoms with Crippen molar-refractivity contribution in [3.8, 4) is 11.8 Å². The van der Waals surface area contributed by atoms with Gasteiger partial charge in [-0.2, -0.15) is 5.26 Å². The van der Waals surface area contributed by atoms with Crippen LogP contribution in [0.1, 0.15) is 12.5 Å². The number of rotatable bonds is 5. The first-order valence-corrected chi connectivity index (χ1v) is 6.90. The zero-order valence-corrected chi connectivity index (χ0v) is 12.0. The highest BCUT2D eigenvalue weighted by molar-refractivity contribution is 5.80. The van der Waals surface area contributed by atoms with Crippen LogP contribution in [0.15, 0.2) is 24.3 Å². The maximum atomic E-state index is 11.5. The van der Waals surface area contributed by atoms with Gasteiger partial charge in [-0.1, -0.05) is 12.1 Å². The lowest BCUT2D eigenvalue weighted by Crippen LogP contribution is -2.57. The second-order valence-corrected chi connectivity index (χ2v) is 4.92. The molecule has 2 atom stereocenters. The van der Waals surface area contributed by atoms with Crippen molar-refractivity contribution in [3.63, 3.8) is 0 Å². The number of nitriles is 1. The lowest BCUT2D eigenvalue weighted by molar-refractivity contribution is -0.136. The van der Waals surface area contributed by atoms with Gasteiger partial charge in [0.15, 0.2) is 0 Å². The van der Waals surface area contributed by atoms with Crippen LogP contribution in [0.2, 0.25) is 0 Å². The molecule has 112 valence electrons. The average Bonchev–Trinajstić information content (AvgIpc) is 2.47. The van der Waals surface area contributed by atoms with Crippen LogP contribution in [0.4, 0.5) is 0 Å². The molecule has 1 aliphatic rings. The quantitative estimate of drug-likeness (QED) is 0.853. The fourth-order valence-electron chi connectivity index (χ4n) is 2.50. The van der Waals surface area contributed by atoms with Crippen molar-refractivity contribution in [2.24, 2.45) is 5.73 Å². The summed E-state index contributed by atoms with van der Waals surface area (Å²) in [7, 11) is 0. The van der Waals surface area contributed by atoms with E-state index in [1.165, 1.54) is 0 Å². The Morgan fingerprint density at radius 2 is 2.33 bits per heavy atom. The molecule has 6 nitrogen and oxygen atoms in total. The van der Waals surface area contributed by atoms with Crippen molar-refractivity contribution >= 4 is 5.91 Å². The molecule has 1 aromatic rings. The molecule has 1 saturated heterocycles. The summed E-state index contributed by atoms with van der Waals surface area (Å²) in [4.78, 5) is 13.5. The molecule has 0 saturated carbocycles. The summed E-state index contributed by atoms with van der Waals surface area (Å²) in [6, 6.07) is 8.72. The highest BCUT2D eigenvalue weighted by Gasteiger charge is 2.33. The Kier molecular flexibility index (Phi) is 5.14. The zero-order chi connectivity index (χ0) is 15.2. The number of nitrogens with zero attached hydrogens (tertiary/aromatic N) is 2. The van der Waals surface area contributed by atoms with E-state index in [4.69, 9.17) is 20.5 Å². The number of carbonyl (C=O) groups is 1. The SMILES string of the molecule is C[C@H]1OCCN(CCOc2ccccc2C#N)[C@@H]1C(N)=O. The van der Waals surface area contributed by atoms with Gasteiger partial charge in [-0.15, -0.1) is 0 Å². The van der Waals surface area contributed by atoms with Gasteiger partial charge in [-0.05, 0) is 19.1 Å². The number of ether oxygens (including phenoxy) is 2. The minimum absolute atomic E-state index is 0.220. The number of hydrogen-bond donors (Lipinski definition) is 1. The van der Waals surface area contributed by atoms with E-state index >= 15 is 0 Å². The van der Waals surface area contributed by atoms with E-state index in [0.717, 1.165) is 0 Å². The summed E-state index contributed by atoms with van der Waals surface area (Å²) in [6.07, 6.45) is -0.220. The molecule has 1 aliphatic heterocycles. The molecule has 6 heteroatoms. The number of amides is 1. The van der Waals surface area contributed by atoms with Crippen LogP contribution in [-0.2, 0) is 9.53 Å². The number of morpholine rings is 1. The van der Waals surface area contributed by atoms with E-state index < -0.39 is 6.04 Å². The van der Waals surface area contributed by atoms with Crippen molar-refractivity contribution in [2.75, 3.05) is 26.3 Å². The van der Waals surface area contributed by atoms with E-state index in [0.29, 0.717) is 37.6 Å². The Hall–Kier alpha value is -2.10. The third kappa shape index (κ3) is 3.72. The maximum absolute atomic E-state index is 11.5. The molecule has 0 radical (unpaired) electrons. The standard InChI is InChI=1S/C15H19N3O3/c1-11-14(15(17)19)18(6-8-20-11)7-9-21-13-5-3-2-4-12(13)10-16/h2-5,11,14H,6-9H2,1H3,(H2,17,19)/t11-,14+/m1/s1. The van der Waals surface area contributed by atoms with Crippen molar-refractivity contribution < 1.29 is 14.3 Å². The fourth-order valence-corrected chi connectivity index (χ4v) is 2.50. The largest absolute Gasteiger partial charge is 0.491 e. The van der Waals surface area contributed by atoms with Crippen molar-refractivity contribution in [1.82, 2.24) is 4.90 Å². The van der Waals surface area contributed by atoms with Crippen LogP contribution in [0.3, 0.4) is 0 Å². The van der Waals surface area contributed by atoms with Crippen LogP contribution >= 0.6 is 0 Å². The lowest BCUT2D eigenvalue weighted by Gasteiger charge is -2.37. The molecule has 1 heterocycles. The Morgan fingerprint density at radius 3 is 3.05 bits per heavy atom. The highest BCUT2D eigenvalue weighted by atomic mass is 16.5. The molecule has 1 aromatic carbocycles. The summed E-state index contributed by atoms with van der Waals surface area (Å²) in [5, 5.41) is 9.00. The molecule has 21 heavy (non-hydrogen) atoms. The van der Waals surface area contributed by atoms with Crippen molar-refractivity contribution in [3.05, 3.63) is 29.8 Å². The van der Waals surface area contributed by atoms with Gasteiger partial charge in [0.25, 0.3) is 0 Å². The third-order valence-corrected chi connectivity index (χ3v) is 3.53. The van der Waals surface area contributed by atoms with E-state index in [9.17, 15) is 4.79 Å². The Morgan fingerprint density at radius 1 is 1.57 bits per heavy atom. The van der Waals surface area contributed by atoms with Gasteiger partial charge in [0, 0.05) is 13.1 Å². The molecule has 0 aliphatic carbocycles. The predicted molar refractivity (Wildman–Crippen MR) is 76.6 cm³/mol. The van der Waals surface area contributed by atoms with Crippen LogP contribution in [0.25, 0.3) is 0 Å². The normalized spacial score (nSPS) is 22.5. The summed E-state index contributed by atoms with van der Waals surface area (Å²) in [5.74, 6) is 0.163. The Bertz CT molecular complexity index is 541. The zero-order valence-electron chi connectivity index (χ0n) is 12.0. The first kappa shape index (κ1) is 15.3. The molecular formula is C15H19N3O3. The maximum Gasteiger partial charge on any atom is 0.237 e. The molecule has 1 fully saturated rings. The van der Waals surface area contributed by atoms with Crippen molar-refractivity contribution in [1.29, 1.82) is 5.26 Å². The van der Waals surface area contributed by atoms with Crippen molar-refractivity contribution in [2.45, 2.75) is 19.1 Å². The van der Waals surface area contributed by atoms with Gasteiger partial charge in [0.05, 0.1) is 18.3 Å². The van der Waals surface area contributed by atoms with Crippen LogP contribution in [0, 0.1) is 11.3 Å². The number of hydrogen-bond acceptors (Lipinski definition) is 5. The second-order valence-electron chi connectivity index (χ2n) is 4.92. The van der Waals surface area contributed by atoms with E-state index in [-0.39, 0.29) is 12.0 Å². The minimum Gasteiger partial charge on any atom is -0.491 e. The van der Waals surface area contributed by atoms with Gasteiger partial charge in [-0.3, -0.25) is 9.69 Å². The van der Waals surface area contributed by atoms with Gasteiger partial charge < -0.3 is 15.2 Å². The van der Waals surface area contributed by atoms with E-state index in [2.05, 4.69) is 6.07 Å². The van der Waals surface area contributed by atoms with Gasteiger partial charge >= 0.3 is 0 Å². The Balaban J connectivity index is 1.93. The molecule has 0 bridgehead atoms. The monoisotopic (exact) mass is 289 g/mol. The molecule has 2 N–H and O–H groups in total. The highest BCUT2D eigenvalue weighted by Crippen LogP contribution is 2.17. The molecule has 0 aromatic heterocycles. The van der Waals surface area contributed by atoms with Gasteiger partial charge in [0.1, 0.15) is 24.5 Å². The number of primary amides is 1. The lowest BCUT2D eigenvalue weighted by atomic mass is 10.1. The molecule has 0 unspecified atom stereocenters. The minimum atomic E-state index is -0.437. The summed E-state index contributed by atoms with van der Waals surface area (Å²) >= 11 is 0. The Labute approximate surface area is 124 Å². The summed E-state index contributed by atoms with van der Waals surface area (Å²) in [5.41, 5.74) is 5.93. The number of benzene rings is 1. The molecule has 0 spiro atoms. The first-order chi connectivity index (χ1) is 10.1. The van der Waals surface area contributed by atoms with E-state index in [1.54, 1.807) is 18.2 Å². The molecule has 1 amide bonds. The second kappa shape index (κ2) is 7.07. The summed E-state index contributed by atoms with van der Waals surface area (Å²) < 4.78 is 11.1. The topological polar surface area (TPSA) is 88.6 Å². The number of para-hydroxylation sites is 1. The van der Waals surface area contributed by atoms with Crippen LogP contribution in [-0.4, -0.2) is 49.3 Å². The summed E-state index contributed by atoms with van der Waals surface area (Å²) in [6.45, 7) is 3.99. The third-order valence-electron chi connectivity index (χ3n) is 3.53. The predicted octanol–water partition coefficient (Wildman–Crippen LogP) is 0.512. The fraction of sp³-hybridized carbons (Fsp3) is 0.467. The van der Waals surface area contributed by atoms with E-state index in [1.807, 2.05) is 17.9 Å². The molecular weight excluding hydrogens is 270 g/mol. The van der Waals surface area contributed by atoms with Crippen LogP contribution < -0.4 is 10.5 Å². The number of carbonyl (C=O) groups excluding carboxylic acids is 1. The van der Waals surface area contributed by atoms with Gasteiger partial charge in [-0.25, -0.2) is 0 Å².